The Morgan fingerprint density at radius 1 is 0.710 bits per heavy atom. The molecule has 0 saturated carbocycles. The minimum absolute atomic E-state index is 0.106. The summed E-state index contributed by atoms with van der Waals surface area (Å²) in [6.45, 7) is 6.98. The Balaban J connectivity index is 1.88. The van der Waals surface area contributed by atoms with Crippen LogP contribution in [0.5, 0.6) is 0 Å². The fourth-order valence-electron chi connectivity index (χ4n) is 4.00. The highest BCUT2D eigenvalue weighted by Gasteiger charge is 2.28. The molecule has 0 saturated heterocycles. The lowest BCUT2D eigenvalue weighted by Crippen LogP contribution is -2.34. The highest BCUT2D eigenvalue weighted by molar-refractivity contribution is 6.02. The summed E-state index contributed by atoms with van der Waals surface area (Å²) in [5.74, 6) is 0. The van der Waals surface area contributed by atoms with Crippen molar-refractivity contribution in [1.29, 1.82) is 0 Å². The molecule has 0 aliphatic carbocycles. The molecule has 0 aliphatic rings. The van der Waals surface area contributed by atoms with Gasteiger partial charge in [-0.3, -0.25) is 0 Å². The van der Waals surface area contributed by atoms with Crippen LogP contribution in [0.3, 0.4) is 0 Å². The first-order valence-corrected chi connectivity index (χ1v) is 11.2. The average Bonchev–Trinajstić information content (AvgIpc) is 2.74. The largest absolute Gasteiger partial charge is 0.379 e. The second kappa shape index (κ2) is 11.1. The number of hydrogen-bond acceptors (Lipinski definition) is 4. The van der Waals surface area contributed by atoms with E-state index in [1.807, 2.05) is 0 Å². The van der Waals surface area contributed by atoms with E-state index in [0.29, 0.717) is 13.2 Å². The summed E-state index contributed by atoms with van der Waals surface area (Å²) in [4.78, 5) is 4.31. The predicted molar refractivity (Wildman–Crippen MR) is 132 cm³/mol. The summed E-state index contributed by atoms with van der Waals surface area (Å²) in [6, 6.07) is 19.7. The third-order valence-electron chi connectivity index (χ3n) is 5.75. The number of fused-ring (bicyclic) bond motifs is 2. The molecular formula is C27H38N2O2. The molecule has 0 aliphatic heterocycles. The van der Waals surface area contributed by atoms with Crippen LogP contribution >= 0.6 is 0 Å². The maximum atomic E-state index is 6.15. The van der Waals surface area contributed by atoms with Gasteiger partial charge in [0.2, 0.25) is 0 Å². The number of benzene rings is 3. The number of hydrogen-bond donors (Lipinski definition) is 0. The molecule has 4 heteroatoms. The molecule has 0 N–H and O–H groups in total. The van der Waals surface area contributed by atoms with Crippen molar-refractivity contribution in [2.45, 2.75) is 13.3 Å². The van der Waals surface area contributed by atoms with Gasteiger partial charge in [-0.05, 0) is 67.8 Å². The summed E-state index contributed by atoms with van der Waals surface area (Å²) in [5, 5.41) is 5.24. The molecule has 4 nitrogen and oxygen atoms in total. The van der Waals surface area contributed by atoms with Gasteiger partial charge in [0.25, 0.3) is 0 Å². The van der Waals surface area contributed by atoms with E-state index in [1.165, 1.54) is 27.1 Å². The van der Waals surface area contributed by atoms with Gasteiger partial charge in [-0.1, -0.05) is 55.5 Å². The zero-order valence-corrected chi connectivity index (χ0v) is 19.9. The quantitative estimate of drug-likeness (QED) is 0.312. The predicted octanol–water partition coefficient (Wildman–Crippen LogP) is 4.70. The van der Waals surface area contributed by atoms with Crippen LogP contribution in [0.4, 0.5) is 0 Å². The van der Waals surface area contributed by atoms with Crippen LogP contribution in [0, 0.1) is 5.41 Å². The fraction of sp³-hybridized carbons (Fsp3) is 0.481. The molecule has 0 amide bonds. The molecule has 3 aromatic carbocycles. The van der Waals surface area contributed by atoms with Crippen molar-refractivity contribution in [3.8, 4) is 0 Å². The third-order valence-corrected chi connectivity index (χ3v) is 5.75. The number of rotatable bonds is 12. The summed E-state index contributed by atoms with van der Waals surface area (Å²) in [6.07, 6.45) is 0.915. The Labute approximate surface area is 187 Å². The molecule has 3 aromatic rings. The van der Waals surface area contributed by atoms with Crippen molar-refractivity contribution in [1.82, 2.24) is 9.80 Å². The van der Waals surface area contributed by atoms with Gasteiger partial charge in [-0.2, -0.15) is 0 Å². The van der Waals surface area contributed by atoms with Gasteiger partial charge in [0.15, 0.2) is 0 Å². The Bertz CT molecular complexity index is 898. The zero-order chi connectivity index (χ0) is 22.3. The average molecular weight is 423 g/mol. The molecule has 31 heavy (non-hydrogen) atoms. The van der Waals surface area contributed by atoms with Gasteiger partial charge < -0.3 is 19.3 Å². The molecule has 0 unspecified atom stereocenters. The van der Waals surface area contributed by atoms with Gasteiger partial charge in [0.1, 0.15) is 0 Å². The van der Waals surface area contributed by atoms with Crippen LogP contribution in [0.25, 0.3) is 21.5 Å². The molecule has 0 spiro atoms. The number of ether oxygens (including phenoxy) is 2. The van der Waals surface area contributed by atoms with Crippen LogP contribution in [0.15, 0.2) is 54.6 Å². The van der Waals surface area contributed by atoms with E-state index in [2.05, 4.69) is 99.5 Å². The van der Waals surface area contributed by atoms with E-state index in [1.54, 1.807) is 0 Å². The number of likely N-dealkylation sites (N-methyl/N-ethyl adjacent to an activating group) is 2. The van der Waals surface area contributed by atoms with Crippen LogP contribution in [0.2, 0.25) is 0 Å². The molecule has 3 rings (SSSR count). The molecule has 0 heterocycles. The first-order valence-electron chi connectivity index (χ1n) is 11.2. The van der Waals surface area contributed by atoms with Crippen LogP contribution in [-0.2, 0) is 15.9 Å². The molecule has 0 fully saturated rings. The van der Waals surface area contributed by atoms with E-state index in [0.717, 1.165) is 32.7 Å². The maximum absolute atomic E-state index is 6.15. The fourth-order valence-corrected chi connectivity index (χ4v) is 4.00. The highest BCUT2D eigenvalue weighted by atomic mass is 16.5. The monoisotopic (exact) mass is 422 g/mol. The van der Waals surface area contributed by atoms with E-state index in [4.69, 9.17) is 9.47 Å². The lowest BCUT2D eigenvalue weighted by molar-refractivity contribution is -0.0175. The van der Waals surface area contributed by atoms with Crippen LogP contribution in [-0.4, -0.2) is 77.5 Å². The standard InChI is InChI=1S/C27H38N2O2/c1-27(20-30-16-14-28(2)3,21-31-17-15-29(4)5)19-26-24-12-8-6-10-22(24)18-23-11-7-9-13-25(23)26/h6-13,18H,14-17,19-21H2,1-5H3. The van der Waals surface area contributed by atoms with Crippen LogP contribution < -0.4 is 0 Å². The second-order valence-corrected chi connectivity index (χ2v) is 9.50. The van der Waals surface area contributed by atoms with Crippen molar-refractivity contribution in [2.24, 2.45) is 5.41 Å². The lowest BCUT2D eigenvalue weighted by atomic mass is 9.81. The molecule has 168 valence electrons. The van der Waals surface area contributed by atoms with Gasteiger partial charge in [0, 0.05) is 18.5 Å². The first-order chi connectivity index (χ1) is 14.9. The molecule has 0 atom stereocenters. The summed E-state index contributed by atoms with van der Waals surface area (Å²) in [7, 11) is 8.31. The molecular weight excluding hydrogens is 384 g/mol. The van der Waals surface area contributed by atoms with E-state index in [9.17, 15) is 0 Å². The first kappa shape index (κ1) is 23.7. The van der Waals surface area contributed by atoms with E-state index in [-0.39, 0.29) is 5.41 Å². The Kier molecular flexibility index (Phi) is 8.44. The van der Waals surface area contributed by atoms with Crippen molar-refractivity contribution in [3.05, 3.63) is 60.2 Å². The van der Waals surface area contributed by atoms with Gasteiger partial charge in [-0.15, -0.1) is 0 Å². The highest BCUT2D eigenvalue weighted by Crippen LogP contribution is 2.34. The Morgan fingerprint density at radius 2 is 1.16 bits per heavy atom. The second-order valence-electron chi connectivity index (χ2n) is 9.50. The van der Waals surface area contributed by atoms with Crippen LogP contribution in [0.1, 0.15) is 12.5 Å². The van der Waals surface area contributed by atoms with Crippen molar-refractivity contribution in [2.75, 3.05) is 67.7 Å². The van der Waals surface area contributed by atoms with E-state index >= 15 is 0 Å². The SMILES string of the molecule is CN(C)CCOCC(C)(COCCN(C)C)Cc1c2ccccc2cc2ccccc12. The van der Waals surface area contributed by atoms with Gasteiger partial charge >= 0.3 is 0 Å². The van der Waals surface area contributed by atoms with Crippen molar-refractivity contribution >= 4 is 21.5 Å². The lowest BCUT2D eigenvalue weighted by Gasteiger charge is -2.31. The molecule has 0 aromatic heterocycles. The minimum Gasteiger partial charge on any atom is -0.379 e. The van der Waals surface area contributed by atoms with Crippen molar-refractivity contribution < 1.29 is 9.47 Å². The van der Waals surface area contributed by atoms with E-state index < -0.39 is 0 Å². The zero-order valence-electron chi connectivity index (χ0n) is 19.9. The smallest absolute Gasteiger partial charge is 0.0593 e. The third kappa shape index (κ3) is 6.75. The van der Waals surface area contributed by atoms with Gasteiger partial charge in [-0.25, -0.2) is 0 Å². The minimum atomic E-state index is -0.106. The normalized spacial score (nSPS) is 12.5. The maximum Gasteiger partial charge on any atom is 0.0593 e. The van der Waals surface area contributed by atoms with Crippen molar-refractivity contribution in [3.63, 3.8) is 0 Å². The number of nitrogens with zero attached hydrogens (tertiary/aromatic N) is 2. The molecule has 0 bridgehead atoms. The summed E-state index contributed by atoms with van der Waals surface area (Å²) in [5.41, 5.74) is 1.29. The Morgan fingerprint density at radius 3 is 1.61 bits per heavy atom. The summed E-state index contributed by atoms with van der Waals surface area (Å²) >= 11 is 0. The molecule has 0 radical (unpaired) electrons. The Hall–Kier alpha value is -1.98. The summed E-state index contributed by atoms with van der Waals surface area (Å²) < 4.78 is 12.3. The topological polar surface area (TPSA) is 24.9 Å². The van der Waals surface area contributed by atoms with Gasteiger partial charge in [0.05, 0.1) is 26.4 Å².